The van der Waals surface area contributed by atoms with Gasteiger partial charge in [-0.05, 0) is 54.3 Å². The van der Waals surface area contributed by atoms with E-state index in [0.29, 0.717) is 55.9 Å². The van der Waals surface area contributed by atoms with Gasteiger partial charge < -0.3 is 24.1 Å². The second-order valence-electron chi connectivity index (χ2n) is 11.5. The Kier molecular flexibility index (Phi) is 10.4. The number of benzene rings is 2. The second kappa shape index (κ2) is 14.9. The highest BCUT2D eigenvalue weighted by atomic mass is 35.5. The fourth-order valence-electron chi connectivity index (χ4n) is 5.58. The van der Waals surface area contributed by atoms with Crippen molar-refractivity contribution in [2.75, 3.05) is 19.7 Å². The number of carboxylic acid groups (broad SMARTS) is 1. The average Bonchev–Trinajstić information content (AvgIpc) is 3.69. The normalized spacial score (nSPS) is 16.4. The van der Waals surface area contributed by atoms with Crippen molar-refractivity contribution < 1.29 is 41.3 Å². The van der Waals surface area contributed by atoms with Crippen LogP contribution in [-0.4, -0.2) is 72.0 Å². The van der Waals surface area contributed by atoms with Gasteiger partial charge in [-0.2, -0.15) is 13.2 Å². The standard InChI is InChI=1S/C32H27ClF5N7O2.CH2O2/c33-22-3-1-20(25(35)13-22)17-47-27-12-19(2-4-24(27)34)18-5-8-44(9-6-18)16-28-40-26-11-21(29-41-31(43-42-29)32(36,37)38)14-39-30(26)45(28)15-23-7-10-46-23;2-1-3/h1-5,11-14,23H,6-10,15-17H2,(H,41,42,43);1H,(H,2,3). The van der Waals surface area contributed by atoms with Crippen molar-refractivity contribution in [1.82, 2.24) is 34.6 Å². The summed E-state index contributed by atoms with van der Waals surface area (Å²) in [4.78, 5) is 22.1. The Balaban J connectivity index is 0.00000139. The lowest BCUT2D eigenvalue weighted by Gasteiger charge is -2.29. The van der Waals surface area contributed by atoms with Crippen LogP contribution >= 0.6 is 11.6 Å². The molecule has 2 N–H and O–H groups in total. The van der Waals surface area contributed by atoms with Gasteiger partial charge >= 0.3 is 6.18 Å². The van der Waals surface area contributed by atoms with E-state index in [-0.39, 0.29) is 41.3 Å². The van der Waals surface area contributed by atoms with E-state index in [1.54, 1.807) is 24.3 Å². The number of ether oxygens (including phenoxy) is 2. The number of rotatable bonds is 9. The summed E-state index contributed by atoms with van der Waals surface area (Å²) in [5, 5.41) is 14.0. The van der Waals surface area contributed by atoms with Crippen LogP contribution in [0.15, 0.2) is 54.7 Å². The quantitative estimate of drug-likeness (QED) is 0.129. The fraction of sp³-hybridized carbons (Fsp3) is 0.303. The molecule has 1 saturated heterocycles. The van der Waals surface area contributed by atoms with E-state index in [0.717, 1.165) is 23.4 Å². The summed E-state index contributed by atoms with van der Waals surface area (Å²) < 4.78 is 81.2. The summed E-state index contributed by atoms with van der Waals surface area (Å²) in [5.74, 6) is -1.53. The van der Waals surface area contributed by atoms with Crippen molar-refractivity contribution in [3.8, 4) is 17.1 Å². The molecule has 5 aromatic rings. The number of fused-ring (bicyclic) bond motifs is 1. The molecule has 5 heterocycles. The van der Waals surface area contributed by atoms with Gasteiger partial charge in [0.2, 0.25) is 5.82 Å². The van der Waals surface area contributed by atoms with Gasteiger partial charge in [0.25, 0.3) is 6.47 Å². The zero-order valence-electron chi connectivity index (χ0n) is 26.1. The number of alkyl halides is 3. The molecular weight excluding hydrogens is 689 g/mol. The molecule has 0 bridgehead atoms. The molecule has 2 aromatic carbocycles. The molecule has 0 spiro atoms. The van der Waals surface area contributed by atoms with E-state index in [4.69, 9.17) is 36.0 Å². The lowest BCUT2D eigenvalue weighted by Crippen LogP contribution is -2.33. The second-order valence-corrected chi connectivity index (χ2v) is 11.9. The predicted molar refractivity (Wildman–Crippen MR) is 171 cm³/mol. The molecule has 0 radical (unpaired) electrons. The van der Waals surface area contributed by atoms with Gasteiger partial charge in [-0.25, -0.2) is 18.7 Å². The van der Waals surface area contributed by atoms with Crippen molar-refractivity contribution in [2.24, 2.45) is 0 Å². The first-order chi connectivity index (χ1) is 24.0. The lowest BCUT2D eigenvalue weighted by atomic mass is 9.99. The Bertz CT molecular complexity index is 2030. The molecule has 1 unspecified atom stereocenters. The Morgan fingerprint density at radius 2 is 1.90 bits per heavy atom. The summed E-state index contributed by atoms with van der Waals surface area (Å²) >= 11 is 5.82. The van der Waals surface area contributed by atoms with Gasteiger partial charge in [-0.15, -0.1) is 10.2 Å². The zero-order valence-corrected chi connectivity index (χ0v) is 26.9. The van der Waals surface area contributed by atoms with Crippen LogP contribution in [0.5, 0.6) is 5.75 Å². The maximum absolute atomic E-state index is 14.6. The molecule has 3 aromatic heterocycles. The minimum absolute atomic E-state index is 0.0233. The van der Waals surface area contributed by atoms with Crippen molar-refractivity contribution in [2.45, 2.75) is 44.8 Å². The molecule has 11 nitrogen and oxygen atoms in total. The van der Waals surface area contributed by atoms with Crippen molar-refractivity contribution in [3.05, 3.63) is 94.2 Å². The number of pyridine rings is 1. The van der Waals surface area contributed by atoms with E-state index >= 15 is 0 Å². The van der Waals surface area contributed by atoms with E-state index in [2.05, 4.69) is 31.1 Å². The van der Waals surface area contributed by atoms with E-state index in [1.807, 2.05) is 4.57 Å². The van der Waals surface area contributed by atoms with Crippen molar-refractivity contribution >= 4 is 34.8 Å². The number of carbonyl (C=O) groups is 1. The highest BCUT2D eigenvalue weighted by Gasteiger charge is 2.35. The smallest absolute Gasteiger partial charge is 0.451 e. The van der Waals surface area contributed by atoms with Gasteiger partial charge in [0, 0.05) is 42.0 Å². The third-order valence-electron chi connectivity index (χ3n) is 8.23. The molecule has 0 amide bonds. The topological polar surface area (TPSA) is 131 Å². The first kappa shape index (κ1) is 34.9. The van der Waals surface area contributed by atoms with Crippen molar-refractivity contribution in [1.29, 1.82) is 0 Å². The molecule has 50 heavy (non-hydrogen) atoms. The van der Waals surface area contributed by atoms with Crippen LogP contribution in [0.2, 0.25) is 5.02 Å². The molecule has 0 saturated carbocycles. The molecule has 2 aliphatic heterocycles. The van der Waals surface area contributed by atoms with Crippen LogP contribution in [0, 0.1) is 11.6 Å². The first-order valence-electron chi connectivity index (χ1n) is 15.3. The molecule has 2 aliphatic rings. The Morgan fingerprint density at radius 1 is 1.10 bits per heavy atom. The molecule has 262 valence electrons. The fourth-order valence-corrected chi connectivity index (χ4v) is 5.74. The van der Waals surface area contributed by atoms with E-state index in [9.17, 15) is 22.0 Å². The average molecular weight is 718 g/mol. The van der Waals surface area contributed by atoms with Crippen LogP contribution in [0.4, 0.5) is 22.0 Å². The maximum Gasteiger partial charge on any atom is 0.451 e. The van der Waals surface area contributed by atoms with Gasteiger partial charge in [-0.3, -0.25) is 9.69 Å². The predicted octanol–water partition coefficient (Wildman–Crippen LogP) is 6.52. The molecule has 7 rings (SSSR count). The zero-order chi connectivity index (χ0) is 35.4. The molecule has 1 atom stereocenters. The first-order valence-corrected chi connectivity index (χ1v) is 15.7. The number of H-pyrrole nitrogens is 1. The van der Waals surface area contributed by atoms with Gasteiger partial charge in [0.1, 0.15) is 23.8 Å². The summed E-state index contributed by atoms with van der Waals surface area (Å²) in [6, 6.07) is 10.5. The van der Waals surface area contributed by atoms with Crippen molar-refractivity contribution in [3.63, 3.8) is 0 Å². The SMILES string of the molecule is Fc1cc(Cl)ccc1COc1cc(C2=CCN(Cc3nc4cc(-c5nnc(C(F)(F)F)[nH]5)cnc4n3CC3CCO3)CC2)ccc1F.O=CO. The number of nitrogens with zero attached hydrogens (tertiary/aromatic N) is 6. The number of aromatic nitrogens is 6. The number of nitrogens with one attached hydrogen (secondary N) is 1. The Morgan fingerprint density at radius 3 is 2.56 bits per heavy atom. The molecular formula is C33H29ClF5N7O4. The summed E-state index contributed by atoms with van der Waals surface area (Å²) in [6.45, 7) is 2.62. The van der Waals surface area contributed by atoms with Gasteiger partial charge in [0.15, 0.2) is 23.0 Å². The van der Waals surface area contributed by atoms with E-state index < -0.39 is 23.6 Å². The van der Waals surface area contributed by atoms with Crippen LogP contribution in [0.25, 0.3) is 28.1 Å². The van der Waals surface area contributed by atoms with Crippen LogP contribution in [0.1, 0.15) is 35.6 Å². The van der Waals surface area contributed by atoms with Gasteiger partial charge in [-0.1, -0.05) is 29.8 Å². The summed E-state index contributed by atoms with van der Waals surface area (Å²) in [7, 11) is 0. The number of imidazole rings is 1. The third-order valence-corrected chi connectivity index (χ3v) is 8.47. The van der Waals surface area contributed by atoms with Gasteiger partial charge in [0.05, 0.1) is 19.2 Å². The Labute approximate surface area is 286 Å². The molecule has 1 fully saturated rings. The number of halogens is 6. The van der Waals surface area contributed by atoms with Crippen LogP contribution < -0.4 is 4.74 Å². The highest BCUT2D eigenvalue weighted by molar-refractivity contribution is 6.30. The maximum atomic E-state index is 14.6. The Hall–Kier alpha value is -4.93. The minimum atomic E-state index is -4.64. The molecule has 17 heteroatoms. The van der Waals surface area contributed by atoms with Crippen LogP contribution in [0.3, 0.4) is 0 Å². The number of aromatic amines is 1. The van der Waals surface area contributed by atoms with Crippen LogP contribution in [-0.2, 0) is 35.4 Å². The number of hydrogen-bond acceptors (Lipinski definition) is 8. The molecule has 0 aliphatic carbocycles. The summed E-state index contributed by atoms with van der Waals surface area (Å²) in [6.07, 6.45) is 0.487. The highest BCUT2D eigenvalue weighted by Crippen LogP contribution is 2.31. The largest absolute Gasteiger partial charge is 0.486 e. The lowest BCUT2D eigenvalue weighted by molar-refractivity contribution is -0.144. The number of hydrogen-bond donors (Lipinski definition) is 2. The third kappa shape index (κ3) is 7.93. The monoisotopic (exact) mass is 717 g/mol. The summed E-state index contributed by atoms with van der Waals surface area (Å²) in [5.41, 5.74) is 3.55. The minimum Gasteiger partial charge on any atom is -0.486 e. The van der Waals surface area contributed by atoms with E-state index in [1.165, 1.54) is 24.4 Å².